The Labute approximate surface area is 208 Å². The van der Waals surface area contributed by atoms with Gasteiger partial charge in [0.25, 0.3) is 10.0 Å². The van der Waals surface area contributed by atoms with Crippen LogP contribution < -0.4 is 14.8 Å². The molecule has 1 heterocycles. The number of anilines is 2. The average Bonchev–Trinajstić information content (AvgIpc) is 2.77. The molecule has 0 atom stereocenters. The van der Waals surface area contributed by atoms with Gasteiger partial charge in [0.2, 0.25) is 11.9 Å². The van der Waals surface area contributed by atoms with E-state index in [1.165, 1.54) is 29.8 Å². The van der Waals surface area contributed by atoms with E-state index in [-0.39, 0.29) is 23.2 Å². The van der Waals surface area contributed by atoms with Crippen LogP contribution in [0.2, 0.25) is 0 Å². The largest absolute Gasteiger partial charge is 0.492 e. The van der Waals surface area contributed by atoms with E-state index in [4.69, 9.17) is 4.74 Å². The van der Waals surface area contributed by atoms with Gasteiger partial charge in [-0.2, -0.15) is 0 Å². The Bertz CT molecular complexity index is 1240. The van der Waals surface area contributed by atoms with Crippen LogP contribution in [0.3, 0.4) is 0 Å². The lowest BCUT2D eigenvalue weighted by Crippen LogP contribution is -2.16. The molecule has 180 valence electrons. The number of ether oxygens (including phenoxy) is 1. The minimum absolute atomic E-state index is 0.0189. The first kappa shape index (κ1) is 25.6. The van der Waals surface area contributed by atoms with Crippen molar-refractivity contribution in [2.24, 2.45) is 0 Å². The summed E-state index contributed by atoms with van der Waals surface area (Å²) < 4.78 is 34.2. The average molecular weight is 547 g/mol. The van der Waals surface area contributed by atoms with Crippen molar-refractivity contribution in [1.29, 1.82) is 0 Å². The van der Waals surface area contributed by atoms with Crippen LogP contribution >= 0.6 is 15.9 Å². The van der Waals surface area contributed by atoms with E-state index in [9.17, 15) is 13.2 Å². The number of hydrogen-bond donors (Lipinski definition) is 2. The van der Waals surface area contributed by atoms with Gasteiger partial charge in [0.15, 0.2) is 0 Å². The quantitative estimate of drug-likeness (QED) is 0.345. The molecule has 0 saturated carbocycles. The molecular weight excluding hydrogens is 520 g/mol. The van der Waals surface area contributed by atoms with E-state index >= 15 is 0 Å². The first-order valence-electron chi connectivity index (χ1n) is 10.8. The monoisotopic (exact) mass is 546 g/mol. The summed E-state index contributed by atoms with van der Waals surface area (Å²) in [5, 5.41) is 2.77. The normalized spacial score (nSPS) is 11.2. The maximum absolute atomic E-state index is 12.6. The van der Waals surface area contributed by atoms with E-state index < -0.39 is 10.0 Å². The van der Waals surface area contributed by atoms with Gasteiger partial charge in [-0.3, -0.25) is 4.79 Å². The Hall–Kier alpha value is -2.98. The third-order valence-corrected chi connectivity index (χ3v) is 6.83. The second-order valence-electron chi connectivity index (χ2n) is 7.72. The van der Waals surface area contributed by atoms with Gasteiger partial charge in [0.05, 0.1) is 16.0 Å². The smallest absolute Gasteiger partial charge is 0.264 e. The second-order valence-corrected chi connectivity index (χ2v) is 10.3. The minimum atomic E-state index is -3.85. The molecule has 10 heteroatoms. The van der Waals surface area contributed by atoms with Crippen LogP contribution in [-0.4, -0.2) is 30.9 Å². The Morgan fingerprint density at radius 3 is 2.32 bits per heavy atom. The highest BCUT2D eigenvalue weighted by Crippen LogP contribution is 2.26. The lowest BCUT2D eigenvalue weighted by molar-refractivity contribution is -0.116. The molecule has 0 aliphatic carbocycles. The van der Waals surface area contributed by atoms with E-state index in [1.807, 2.05) is 18.2 Å². The van der Waals surface area contributed by atoms with Crippen LogP contribution in [-0.2, 0) is 21.2 Å². The highest BCUT2D eigenvalue weighted by atomic mass is 79.9. The molecule has 3 aromatic rings. The SMILES string of the molecule is CCc1ccc(OCCCC(=O)Nc2ccc(S(=O)(=O)Nc3nc(C)cc(C)n3)cc2)c(Br)c1. The number of hydrogen-bond acceptors (Lipinski definition) is 6. The molecule has 0 bridgehead atoms. The predicted molar refractivity (Wildman–Crippen MR) is 136 cm³/mol. The van der Waals surface area contributed by atoms with Crippen molar-refractivity contribution in [2.75, 3.05) is 16.6 Å². The van der Waals surface area contributed by atoms with Crippen molar-refractivity contribution >= 4 is 43.5 Å². The van der Waals surface area contributed by atoms with E-state index in [0.29, 0.717) is 30.1 Å². The van der Waals surface area contributed by atoms with Gasteiger partial charge in [0.1, 0.15) is 5.75 Å². The van der Waals surface area contributed by atoms with E-state index in [2.05, 4.69) is 42.9 Å². The zero-order valence-corrected chi connectivity index (χ0v) is 21.7. The standard InChI is InChI=1S/C24H27BrN4O4S/c1-4-18-7-12-22(21(25)15-18)33-13-5-6-23(30)28-19-8-10-20(11-9-19)34(31,32)29-24-26-16(2)14-17(3)27-24/h7-12,14-15H,4-6,13H2,1-3H3,(H,28,30)(H,26,27,29). The number of carbonyl (C=O) groups excluding carboxylic acids is 1. The van der Waals surface area contributed by atoms with Crippen molar-refractivity contribution in [3.8, 4) is 5.75 Å². The first-order chi connectivity index (χ1) is 16.2. The molecule has 1 amide bonds. The molecule has 0 fully saturated rings. The molecule has 0 spiro atoms. The van der Waals surface area contributed by atoms with E-state index in [0.717, 1.165) is 16.6 Å². The van der Waals surface area contributed by atoms with Crippen molar-refractivity contribution in [2.45, 2.75) is 44.9 Å². The highest BCUT2D eigenvalue weighted by Gasteiger charge is 2.16. The Kier molecular flexibility index (Phi) is 8.62. The Morgan fingerprint density at radius 1 is 1.03 bits per heavy atom. The number of halogens is 1. The van der Waals surface area contributed by atoms with Crippen LogP contribution in [0.1, 0.15) is 36.7 Å². The zero-order chi connectivity index (χ0) is 24.7. The van der Waals surface area contributed by atoms with Crippen LogP contribution in [0.15, 0.2) is 57.9 Å². The van der Waals surface area contributed by atoms with Gasteiger partial charge >= 0.3 is 0 Å². The third kappa shape index (κ3) is 7.26. The van der Waals surface area contributed by atoms with Crippen molar-refractivity contribution in [3.05, 3.63) is 70.0 Å². The number of nitrogens with one attached hydrogen (secondary N) is 2. The summed E-state index contributed by atoms with van der Waals surface area (Å²) in [4.78, 5) is 20.5. The van der Waals surface area contributed by atoms with Crippen LogP contribution in [0, 0.1) is 13.8 Å². The number of carbonyl (C=O) groups is 1. The molecule has 0 unspecified atom stereocenters. The lowest BCUT2D eigenvalue weighted by Gasteiger charge is -2.10. The lowest BCUT2D eigenvalue weighted by atomic mass is 10.2. The van der Waals surface area contributed by atoms with Crippen LogP contribution in [0.4, 0.5) is 11.6 Å². The van der Waals surface area contributed by atoms with Gasteiger partial charge < -0.3 is 10.1 Å². The maximum atomic E-state index is 12.6. The molecule has 0 aliphatic rings. The van der Waals surface area contributed by atoms with Crippen LogP contribution in [0.5, 0.6) is 5.75 Å². The number of sulfonamides is 1. The number of rotatable bonds is 10. The van der Waals surface area contributed by atoms with Gasteiger partial charge in [-0.05, 0) is 90.6 Å². The summed E-state index contributed by atoms with van der Waals surface area (Å²) in [5.41, 5.74) is 3.05. The van der Waals surface area contributed by atoms with Gasteiger partial charge in [-0.1, -0.05) is 13.0 Å². The number of aryl methyl sites for hydroxylation is 3. The molecule has 34 heavy (non-hydrogen) atoms. The molecule has 1 aromatic heterocycles. The molecule has 3 rings (SSSR count). The minimum Gasteiger partial charge on any atom is -0.492 e. The zero-order valence-electron chi connectivity index (χ0n) is 19.3. The summed E-state index contributed by atoms with van der Waals surface area (Å²) in [6.45, 7) is 6.02. The van der Waals surface area contributed by atoms with Crippen molar-refractivity contribution in [1.82, 2.24) is 9.97 Å². The summed E-state index contributed by atoms with van der Waals surface area (Å²) in [7, 11) is -3.85. The predicted octanol–water partition coefficient (Wildman–Crippen LogP) is 5.02. The fraction of sp³-hybridized carbons (Fsp3) is 0.292. The second kappa shape index (κ2) is 11.4. The molecule has 2 N–H and O–H groups in total. The summed E-state index contributed by atoms with van der Waals surface area (Å²) in [6, 6.07) is 13.6. The first-order valence-corrected chi connectivity index (χ1v) is 13.1. The molecule has 0 saturated heterocycles. The van der Waals surface area contributed by atoms with Gasteiger partial charge in [0, 0.05) is 23.5 Å². The van der Waals surface area contributed by atoms with E-state index in [1.54, 1.807) is 19.9 Å². The molecular formula is C24H27BrN4O4S. The number of amides is 1. The molecule has 2 aromatic carbocycles. The van der Waals surface area contributed by atoms with Gasteiger partial charge in [-0.15, -0.1) is 0 Å². The molecule has 0 radical (unpaired) electrons. The summed E-state index contributed by atoms with van der Waals surface area (Å²) in [5.74, 6) is 0.584. The number of aromatic nitrogens is 2. The maximum Gasteiger partial charge on any atom is 0.264 e. The summed E-state index contributed by atoms with van der Waals surface area (Å²) in [6.07, 6.45) is 1.76. The highest BCUT2D eigenvalue weighted by molar-refractivity contribution is 9.10. The topological polar surface area (TPSA) is 110 Å². The van der Waals surface area contributed by atoms with Crippen molar-refractivity contribution in [3.63, 3.8) is 0 Å². The fourth-order valence-corrected chi connectivity index (χ4v) is 4.67. The molecule has 8 nitrogen and oxygen atoms in total. The number of nitrogens with zero attached hydrogens (tertiary/aromatic N) is 2. The van der Waals surface area contributed by atoms with Gasteiger partial charge in [-0.25, -0.2) is 23.1 Å². The molecule has 0 aliphatic heterocycles. The summed E-state index contributed by atoms with van der Waals surface area (Å²) >= 11 is 3.50. The number of benzene rings is 2. The Balaban J connectivity index is 1.49. The Morgan fingerprint density at radius 2 is 1.71 bits per heavy atom. The third-order valence-electron chi connectivity index (χ3n) is 4.87. The van der Waals surface area contributed by atoms with Crippen LogP contribution in [0.25, 0.3) is 0 Å². The fourth-order valence-electron chi connectivity index (χ4n) is 3.19. The van der Waals surface area contributed by atoms with Crippen molar-refractivity contribution < 1.29 is 17.9 Å².